The van der Waals surface area contributed by atoms with Crippen LogP contribution in [-0.2, 0) is 29.6 Å². The van der Waals surface area contributed by atoms with Crippen LogP contribution >= 0.6 is 23.4 Å². The van der Waals surface area contributed by atoms with E-state index in [0.29, 0.717) is 32.9 Å². The van der Waals surface area contributed by atoms with E-state index < -0.39 is 36.4 Å². The Morgan fingerprint density at radius 2 is 1.56 bits per heavy atom. The molecular weight excluding hydrogens is 778 g/mol. The lowest BCUT2D eigenvalue weighted by Gasteiger charge is -2.26. The van der Waals surface area contributed by atoms with E-state index in [1.54, 1.807) is 62.6 Å². The maximum atomic E-state index is 12.6. The molecule has 4 aromatic rings. The largest absolute Gasteiger partial charge is 0.491 e. The number of hydrogen-bond acceptors (Lipinski definition) is 16. The number of hydrogen-bond donors (Lipinski definition) is 6. The fraction of sp³-hybridized carbons (Fsp3) is 0.342. The minimum Gasteiger partial charge on any atom is -0.491 e. The SMILES string of the molecule is CNCC(=O)N[C@@H](C)C(=O)OC[C@H](COc1ccc(-c2c(C#N)c(N)nc(SCc3coc(-c4ccc(Cl)cc4)n3)c2C#N)cc1)OC(O)[C@H](C)NC(=O)CNC. The van der Waals surface area contributed by atoms with Gasteiger partial charge in [0, 0.05) is 21.9 Å². The van der Waals surface area contributed by atoms with Crippen LogP contribution in [0.25, 0.3) is 22.6 Å². The minimum atomic E-state index is -1.51. The van der Waals surface area contributed by atoms with Crippen LogP contribution in [0.5, 0.6) is 5.75 Å². The van der Waals surface area contributed by atoms with Crippen molar-refractivity contribution in [2.24, 2.45) is 0 Å². The van der Waals surface area contributed by atoms with Crippen molar-refractivity contribution < 1.29 is 38.1 Å². The summed E-state index contributed by atoms with van der Waals surface area (Å²) in [5.74, 6) is -0.582. The second-order valence-electron chi connectivity index (χ2n) is 12.4. The zero-order chi connectivity index (χ0) is 41.5. The molecule has 17 nitrogen and oxygen atoms in total. The summed E-state index contributed by atoms with van der Waals surface area (Å²) in [5.41, 5.74) is 8.48. The third-order valence-electron chi connectivity index (χ3n) is 7.96. The number of aliphatic hydroxyl groups excluding tert-OH is 1. The molecule has 0 saturated heterocycles. The molecule has 19 heteroatoms. The van der Waals surface area contributed by atoms with Gasteiger partial charge in [-0.25, -0.2) is 14.8 Å². The smallest absolute Gasteiger partial charge is 0.328 e. The number of likely N-dealkylation sites (N-methyl/N-ethyl adjacent to an activating group) is 2. The van der Waals surface area contributed by atoms with E-state index in [2.05, 4.69) is 43.4 Å². The number of nitrogens with two attached hydrogens (primary N) is 1. The summed E-state index contributed by atoms with van der Waals surface area (Å²) in [6.07, 6.45) is -1.04. The standard InChI is InChI=1S/C38H42ClN9O8S/c1-21(45-31(49)15-43-3)37(51)55-19-28(56-38(52)22(2)46-32(50)16-44-4)18-53-27-11-7-23(8-12-27)33-29(13-40)34(42)48-36(30(33)14-41)57-20-26-17-54-35(47-26)24-5-9-25(39)10-6-24/h5-12,17,21-22,28,38,43-44,52H,15-16,18-20H2,1-4H3,(H2,42,48)(H,45,49)(H,46,50)/t21-,22-,28-,38?/m0/s1. The first-order valence-corrected chi connectivity index (χ1v) is 18.8. The Morgan fingerprint density at radius 1 is 0.930 bits per heavy atom. The van der Waals surface area contributed by atoms with E-state index in [1.807, 2.05) is 0 Å². The van der Waals surface area contributed by atoms with Gasteiger partial charge in [0.15, 0.2) is 6.29 Å². The van der Waals surface area contributed by atoms with E-state index in [-0.39, 0.29) is 60.5 Å². The number of carbonyl (C=O) groups excluding carboxylic acids is 3. The molecule has 2 aromatic heterocycles. The van der Waals surface area contributed by atoms with Gasteiger partial charge < -0.3 is 50.7 Å². The molecular formula is C38H42ClN9O8S. The van der Waals surface area contributed by atoms with Crippen LogP contribution < -0.4 is 31.7 Å². The molecule has 57 heavy (non-hydrogen) atoms. The lowest BCUT2D eigenvalue weighted by Crippen LogP contribution is -2.48. The van der Waals surface area contributed by atoms with Crippen molar-refractivity contribution >= 4 is 47.0 Å². The molecule has 0 aliphatic carbocycles. The number of nitrogen functional groups attached to an aromatic ring is 1. The van der Waals surface area contributed by atoms with E-state index in [1.165, 1.54) is 31.9 Å². The Bertz CT molecular complexity index is 2090. The number of thioether (sulfide) groups is 1. The number of aliphatic hydroxyl groups is 1. The van der Waals surface area contributed by atoms with E-state index >= 15 is 0 Å². The topological polar surface area (TPSA) is 260 Å². The highest BCUT2D eigenvalue weighted by molar-refractivity contribution is 7.98. The molecule has 0 saturated carbocycles. The molecule has 2 heterocycles. The molecule has 2 aromatic carbocycles. The first-order valence-electron chi connectivity index (χ1n) is 17.4. The molecule has 0 aliphatic rings. The monoisotopic (exact) mass is 819 g/mol. The Hall–Kier alpha value is -5.73. The van der Waals surface area contributed by atoms with Gasteiger partial charge in [-0.1, -0.05) is 35.5 Å². The van der Waals surface area contributed by atoms with Gasteiger partial charge in [-0.05, 0) is 69.9 Å². The molecule has 1 unspecified atom stereocenters. The molecule has 0 radical (unpaired) electrons. The Balaban J connectivity index is 1.49. The Labute approximate surface area is 338 Å². The van der Waals surface area contributed by atoms with Crippen molar-refractivity contribution in [3.63, 3.8) is 0 Å². The quantitative estimate of drug-likeness (QED) is 0.0426. The summed E-state index contributed by atoms with van der Waals surface area (Å²) < 4.78 is 22.7. The van der Waals surface area contributed by atoms with Crippen LogP contribution in [-0.4, -0.2) is 97.7 Å². The Kier molecular flexibility index (Phi) is 16.6. The highest BCUT2D eigenvalue weighted by atomic mass is 35.5. The van der Waals surface area contributed by atoms with Crippen molar-refractivity contribution in [3.8, 4) is 40.5 Å². The number of rotatable bonds is 20. The van der Waals surface area contributed by atoms with Crippen molar-refractivity contribution in [3.05, 3.63) is 76.6 Å². The number of amides is 2. The summed E-state index contributed by atoms with van der Waals surface area (Å²) in [6, 6.07) is 15.9. The van der Waals surface area contributed by atoms with Gasteiger partial charge in [-0.2, -0.15) is 10.5 Å². The molecule has 4 rings (SSSR count). The first-order chi connectivity index (χ1) is 27.4. The van der Waals surface area contributed by atoms with Gasteiger partial charge in [0.1, 0.15) is 65.9 Å². The van der Waals surface area contributed by atoms with Crippen molar-refractivity contribution in [2.45, 2.75) is 49.1 Å². The molecule has 0 spiro atoms. The third kappa shape index (κ3) is 12.6. The number of pyridine rings is 1. The number of nitrogens with one attached hydrogen (secondary N) is 4. The minimum absolute atomic E-state index is 0.000611. The van der Waals surface area contributed by atoms with E-state index in [9.17, 15) is 30.0 Å². The predicted molar refractivity (Wildman–Crippen MR) is 210 cm³/mol. The number of ether oxygens (including phenoxy) is 3. The van der Waals surface area contributed by atoms with Gasteiger partial charge in [-0.3, -0.25) is 9.59 Å². The van der Waals surface area contributed by atoms with Gasteiger partial charge in [0.2, 0.25) is 17.7 Å². The predicted octanol–water partition coefficient (Wildman–Crippen LogP) is 2.75. The molecule has 0 aliphatic heterocycles. The highest BCUT2D eigenvalue weighted by Gasteiger charge is 2.26. The van der Waals surface area contributed by atoms with Crippen LogP contribution in [0, 0.1) is 22.7 Å². The summed E-state index contributed by atoms with van der Waals surface area (Å²) in [5, 5.41) is 42.4. The van der Waals surface area contributed by atoms with Crippen LogP contribution in [0.1, 0.15) is 30.7 Å². The number of nitrogens with zero attached hydrogens (tertiary/aromatic N) is 4. The molecule has 2 amide bonds. The van der Waals surface area contributed by atoms with Gasteiger partial charge in [0.05, 0.1) is 30.4 Å². The zero-order valence-corrected chi connectivity index (χ0v) is 33.1. The molecule has 300 valence electrons. The Morgan fingerprint density at radius 3 is 2.19 bits per heavy atom. The molecule has 4 atom stereocenters. The van der Waals surface area contributed by atoms with E-state index in [4.69, 9.17) is 36.0 Å². The molecule has 0 bridgehead atoms. The number of carbonyl (C=O) groups is 3. The van der Waals surface area contributed by atoms with Crippen LogP contribution in [0.3, 0.4) is 0 Å². The van der Waals surface area contributed by atoms with Gasteiger partial charge >= 0.3 is 5.97 Å². The molecule has 7 N–H and O–H groups in total. The van der Waals surface area contributed by atoms with Crippen LogP contribution in [0.4, 0.5) is 5.82 Å². The average molecular weight is 820 g/mol. The number of nitriles is 2. The van der Waals surface area contributed by atoms with Crippen molar-refractivity contribution in [2.75, 3.05) is 46.1 Å². The number of anilines is 1. The van der Waals surface area contributed by atoms with E-state index in [0.717, 1.165) is 5.56 Å². The number of aromatic nitrogens is 2. The van der Waals surface area contributed by atoms with Gasteiger partial charge in [0.25, 0.3) is 0 Å². The van der Waals surface area contributed by atoms with Gasteiger partial charge in [-0.15, -0.1) is 0 Å². The van der Waals surface area contributed by atoms with Crippen LogP contribution in [0.2, 0.25) is 5.02 Å². The second kappa shape index (κ2) is 21.5. The number of oxazole rings is 1. The third-order valence-corrected chi connectivity index (χ3v) is 9.22. The summed E-state index contributed by atoms with van der Waals surface area (Å²) >= 11 is 7.20. The number of halogens is 1. The number of benzene rings is 2. The van der Waals surface area contributed by atoms with Crippen LogP contribution in [0.15, 0.2) is 64.2 Å². The first kappa shape index (κ1) is 44.0. The zero-order valence-electron chi connectivity index (χ0n) is 31.5. The second-order valence-corrected chi connectivity index (χ2v) is 13.8. The normalized spacial score (nSPS) is 13.0. The highest BCUT2D eigenvalue weighted by Crippen LogP contribution is 2.37. The summed E-state index contributed by atoms with van der Waals surface area (Å²) in [6.45, 7) is 2.42. The molecule has 0 fully saturated rings. The lowest BCUT2D eigenvalue weighted by atomic mass is 9.97. The van der Waals surface area contributed by atoms with Crippen molar-refractivity contribution in [1.82, 2.24) is 31.2 Å². The number of esters is 1. The summed E-state index contributed by atoms with van der Waals surface area (Å²) in [4.78, 5) is 45.5. The maximum Gasteiger partial charge on any atom is 0.328 e. The summed E-state index contributed by atoms with van der Waals surface area (Å²) in [7, 11) is 3.19. The van der Waals surface area contributed by atoms with Crippen molar-refractivity contribution in [1.29, 1.82) is 10.5 Å². The average Bonchev–Trinajstić information content (AvgIpc) is 3.67. The lowest BCUT2D eigenvalue weighted by molar-refractivity contribution is -0.180. The maximum absolute atomic E-state index is 12.6. The fourth-order valence-electron chi connectivity index (χ4n) is 5.13. The fourth-order valence-corrected chi connectivity index (χ4v) is 6.13.